The number of imide groups is 1. The highest BCUT2D eigenvalue weighted by atomic mass is 16.6. The van der Waals surface area contributed by atoms with E-state index in [2.05, 4.69) is 5.32 Å². The Kier molecular flexibility index (Phi) is 5.06. The van der Waals surface area contributed by atoms with E-state index in [9.17, 15) is 9.59 Å². The van der Waals surface area contributed by atoms with Crippen LogP contribution in [0.5, 0.6) is 0 Å². The summed E-state index contributed by atoms with van der Waals surface area (Å²) in [7, 11) is 0. The first-order valence-corrected chi connectivity index (χ1v) is 6.11. The molecule has 0 spiro atoms. The van der Waals surface area contributed by atoms with Gasteiger partial charge in [0.15, 0.2) is 0 Å². The van der Waals surface area contributed by atoms with Crippen LogP contribution in [0.4, 0.5) is 4.79 Å². The normalized spacial score (nSPS) is 12.6. The van der Waals surface area contributed by atoms with Gasteiger partial charge >= 0.3 is 6.09 Å². The number of benzene rings is 1. The van der Waals surface area contributed by atoms with Crippen LogP contribution in [-0.2, 0) is 16.0 Å². The molecule has 1 aromatic carbocycles. The fraction of sp³-hybridized carbons (Fsp3) is 0.429. The summed E-state index contributed by atoms with van der Waals surface area (Å²) in [6.45, 7) is 5.17. The van der Waals surface area contributed by atoms with Crippen LogP contribution in [0.3, 0.4) is 0 Å². The summed E-state index contributed by atoms with van der Waals surface area (Å²) >= 11 is 0. The highest BCUT2D eigenvalue weighted by Gasteiger charge is 2.21. The minimum Gasteiger partial charge on any atom is -0.444 e. The van der Waals surface area contributed by atoms with Gasteiger partial charge in [-0.05, 0) is 32.8 Å². The summed E-state index contributed by atoms with van der Waals surface area (Å²) in [4.78, 5) is 23.1. The topological polar surface area (TPSA) is 81.4 Å². The lowest BCUT2D eigenvalue weighted by Gasteiger charge is -2.20. The lowest BCUT2D eigenvalue weighted by molar-refractivity contribution is -0.121. The molecule has 0 unspecified atom stereocenters. The Bertz CT molecular complexity index is 438. The van der Waals surface area contributed by atoms with E-state index in [1.54, 1.807) is 20.8 Å². The maximum absolute atomic E-state index is 11.7. The van der Waals surface area contributed by atoms with Crippen molar-refractivity contribution in [1.82, 2.24) is 5.32 Å². The largest absolute Gasteiger partial charge is 0.444 e. The standard InChI is InChI=1S/C14H20N2O3/c1-14(2,3)19-13(18)16-12(17)11(15)9-10-7-5-4-6-8-10/h4-8,11H,9,15H2,1-3H3,(H,16,17,18)/t11-/m1/s1. The van der Waals surface area contributed by atoms with Gasteiger partial charge in [0.1, 0.15) is 5.60 Å². The second kappa shape index (κ2) is 6.33. The number of nitrogens with two attached hydrogens (primary N) is 1. The van der Waals surface area contributed by atoms with Crippen molar-refractivity contribution >= 4 is 12.0 Å². The predicted octanol–water partition coefficient (Wildman–Crippen LogP) is 1.61. The SMILES string of the molecule is CC(C)(C)OC(=O)NC(=O)[C@H](N)Cc1ccccc1. The number of ether oxygens (including phenoxy) is 1. The summed E-state index contributed by atoms with van der Waals surface area (Å²) in [6.07, 6.45) is -0.406. The zero-order valence-electron chi connectivity index (χ0n) is 11.5. The molecule has 1 atom stereocenters. The Balaban J connectivity index is 2.47. The van der Waals surface area contributed by atoms with Crippen molar-refractivity contribution in [3.05, 3.63) is 35.9 Å². The number of carbonyl (C=O) groups is 2. The van der Waals surface area contributed by atoms with E-state index in [0.29, 0.717) is 6.42 Å². The molecule has 0 saturated carbocycles. The fourth-order valence-corrected chi connectivity index (χ4v) is 1.46. The lowest BCUT2D eigenvalue weighted by atomic mass is 10.1. The Hall–Kier alpha value is -1.88. The summed E-state index contributed by atoms with van der Waals surface area (Å²) in [5.74, 6) is -0.543. The third kappa shape index (κ3) is 6.01. The Morgan fingerprint density at radius 3 is 2.37 bits per heavy atom. The van der Waals surface area contributed by atoms with Gasteiger partial charge in [-0.2, -0.15) is 0 Å². The van der Waals surface area contributed by atoms with Gasteiger partial charge in [0.2, 0.25) is 5.91 Å². The molecule has 0 fully saturated rings. The van der Waals surface area contributed by atoms with Crippen molar-refractivity contribution in [3.8, 4) is 0 Å². The van der Waals surface area contributed by atoms with E-state index in [1.807, 2.05) is 30.3 Å². The first-order chi connectivity index (χ1) is 8.78. The molecule has 3 N–H and O–H groups in total. The first kappa shape index (κ1) is 15.2. The number of amides is 2. The Morgan fingerprint density at radius 1 is 1.26 bits per heavy atom. The van der Waals surface area contributed by atoms with Crippen LogP contribution in [0.25, 0.3) is 0 Å². The second-order valence-corrected chi connectivity index (χ2v) is 5.29. The molecule has 19 heavy (non-hydrogen) atoms. The van der Waals surface area contributed by atoms with Crippen molar-refractivity contribution in [2.75, 3.05) is 0 Å². The number of rotatable bonds is 3. The highest BCUT2D eigenvalue weighted by Crippen LogP contribution is 2.07. The number of alkyl carbamates (subject to hydrolysis) is 1. The molecule has 0 heterocycles. The maximum Gasteiger partial charge on any atom is 0.414 e. The Labute approximate surface area is 113 Å². The number of hydrogen-bond donors (Lipinski definition) is 2. The van der Waals surface area contributed by atoms with E-state index in [-0.39, 0.29) is 0 Å². The van der Waals surface area contributed by atoms with E-state index < -0.39 is 23.6 Å². The van der Waals surface area contributed by atoms with Crippen LogP contribution in [0.15, 0.2) is 30.3 Å². The summed E-state index contributed by atoms with van der Waals surface area (Å²) in [5.41, 5.74) is 6.04. The zero-order valence-corrected chi connectivity index (χ0v) is 11.5. The van der Waals surface area contributed by atoms with Crippen molar-refractivity contribution in [3.63, 3.8) is 0 Å². The smallest absolute Gasteiger partial charge is 0.414 e. The molecule has 2 amide bonds. The molecule has 0 aliphatic heterocycles. The average molecular weight is 264 g/mol. The van der Waals surface area contributed by atoms with Gasteiger partial charge in [-0.15, -0.1) is 0 Å². The third-order valence-corrected chi connectivity index (χ3v) is 2.26. The van der Waals surface area contributed by atoms with E-state index in [4.69, 9.17) is 10.5 Å². The summed E-state index contributed by atoms with van der Waals surface area (Å²) < 4.78 is 4.98. The molecule has 0 aromatic heterocycles. The fourth-order valence-electron chi connectivity index (χ4n) is 1.46. The molecule has 1 aromatic rings. The molecule has 0 radical (unpaired) electrons. The molecule has 0 aliphatic rings. The molecule has 104 valence electrons. The van der Waals surface area contributed by atoms with Crippen LogP contribution in [0.1, 0.15) is 26.3 Å². The second-order valence-electron chi connectivity index (χ2n) is 5.29. The van der Waals surface area contributed by atoms with Crippen molar-refractivity contribution in [2.45, 2.75) is 38.8 Å². The van der Waals surface area contributed by atoms with Crippen molar-refractivity contribution in [2.24, 2.45) is 5.73 Å². The molecule has 0 bridgehead atoms. The van der Waals surface area contributed by atoms with Gasteiger partial charge in [0, 0.05) is 0 Å². The molecule has 1 rings (SSSR count). The van der Waals surface area contributed by atoms with Crippen molar-refractivity contribution < 1.29 is 14.3 Å². The van der Waals surface area contributed by atoms with Gasteiger partial charge in [0.05, 0.1) is 6.04 Å². The molecule has 5 nitrogen and oxygen atoms in total. The summed E-state index contributed by atoms with van der Waals surface area (Å²) in [6, 6.07) is 8.59. The number of carbonyl (C=O) groups excluding carboxylic acids is 2. The maximum atomic E-state index is 11.7. The quantitative estimate of drug-likeness (QED) is 0.869. The number of nitrogens with one attached hydrogen (secondary N) is 1. The van der Waals surface area contributed by atoms with Gasteiger partial charge < -0.3 is 10.5 Å². The Morgan fingerprint density at radius 2 is 1.84 bits per heavy atom. The van der Waals surface area contributed by atoms with Gasteiger partial charge in [-0.1, -0.05) is 30.3 Å². The van der Waals surface area contributed by atoms with Crippen LogP contribution in [-0.4, -0.2) is 23.6 Å². The van der Waals surface area contributed by atoms with Gasteiger partial charge in [-0.3, -0.25) is 10.1 Å². The van der Waals surface area contributed by atoms with E-state index in [0.717, 1.165) is 5.56 Å². The zero-order chi connectivity index (χ0) is 14.5. The minimum absolute atomic E-state index is 0.371. The third-order valence-electron chi connectivity index (χ3n) is 2.26. The van der Waals surface area contributed by atoms with Crippen LogP contribution in [0, 0.1) is 0 Å². The van der Waals surface area contributed by atoms with Crippen LogP contribution in [0.2, 0.25) is 0 Å². The number of hydrogen-bond acceptors (Lipinski definition) is 4. The molecule has 0 aliphatic carbocycles. The average Bonchev–Trinajstić information content (AvgIpc) is 2.27. The van der Waals surface area contributed by atoms with Crippen molar-refractivity contribution in [1.29, 1.82) is 0 Å². The lowest BCUT2D eigenvalue weighted by Crippen LogP contribution is -2.46. The van der Waals surface area contributed by atoms with Gasteiger partial charge in [-0.25, -0.2) is 4.79 Å². The molecule has 0 saturated heterocycles. The monoisotopic (exact) mass is 264 g/mol. The van der Waals surface area contributed by atoms with Gasteiger partial charge in [0.25, 0.3) is 0 Å². The first-order valence-electron chi connectivity index (χ1n) is 6.11. The van der Waals surface area contributed by atoms with Crippen LogP contribution >= 0.6 is 0 Å². The van der Waals surface area contributed by atoms with Crippen LogP contribution < -0.4 is 11.1 Å². The van der Waals surface area contributed by atoms with E-state index in [1.165, 1.54) is 0 Å². The van der Waals surface area contributed by atoms with E-state index >= 15 is 0 Å². The molecule has 5 heteroatoms. The summed E-state index contributed by atoms with van der Waals surface area (Å²) in [5, 5.41) is 2.13. The molecular formula is C14H20N2O3. The molecular weight excluding hydrogens is 244 g/mol. The highest BCUT2D eigenvalue weighted by molar-refractivity contribution is 5.94. The minimum atomic E-state index is -0.782. The predicted molar refractivity (Wildman–Crippen MR) is 72.5 cm³/mol.